The highest BCUT2D eigenvalue weighted by Crippen LogP contribution is 2.43. The second kappa shape index (κ2) is 6.97. The molecule has 3 rings (SSSR count). The van der Waals surface area contributed by atoms with Crippen LogP contribution in [-0.2, 0) is 5.54 Å². The number of phenolic OH excluding ortho intramolecular Hbond substituents is 2. The molecule has 0 bridgehead atoms. The maximum atomic E-state index is 12.1. The topological polar surface area (TPSA) is 108 Å². The van der Waals surface area contributed by atoms with Crippen molar-refractivity contribution >= 4 is 17.3 Å². The SMILES string of the molecule is O=[N+]([O-])C1(c2ccc(O)cc2O)C=C(Cl)C=CC1N=Nc1ccccc1. The van der Waals surface area contributed by atoms with Crippen molar-refractivity contribution in [2.24, 2.45) is 10.2 Å². The second-order valence-corrected chi connectivity index (χ2v) is 6.10. The summed E-state index contributed by atoms with van der Waals surface area (Å²) in [6.07, 6.45) is 4.18. The van der Waals surface area contributed by atoms with E-state index in [1.165, 1.54) is 30.4 Å². The van der Waals surface area contributed by atoms with Crippen LogP contribution >= 0.6 is 11.6 Å². The highest BCUT2D eigenvalue weighted by atomic mass is 35.5. The summed E-state index contributed by atoms with van der Waals surface area (Å²) in [5.41, 5.74) is -1.46. The lowest BCUT2D eigenvalue weighted by molar-refractivity contribution is -0.566. The van der Waals surface area contributed by atoms with Crippen LogP contribution in [0.5, 0.6) is 11.5 Å². The van der Waals surface area contributed by atoms with Crippen LogP contribution in [0.2, 0.25) is 0 Å². The standard InChI is InChI=1S/C18H14ClN3O4/c19-12-6-9-17(21-20-13-4-2-1-3-5-13)18(11-12,22(25)26)15-8-7-14(23)10-16(15)24/h1-11,17,23-24H. The molecule has 8 heteroatoms. The fraction of sp³-hybridized carbons (Fsp3) is 0.111. The summed E-state index contributed by atoms with van der Waals surface area (Å²) >= 11 is 6.03. The van der Waals surface area contributed by atoms with E-state index in [1.807, 2.05) is 6.07 Å². The van der Waals surface area contributed by atoms with Crippen LogP contribution in [0, 0.1) is 10.1 Å². The van der Waals surface area contributed by atoms with E-state index < -0.39 is 22.3 Å². The number of halogens is 1. The molecule has 0 saturated carbocycles. The van der Waals surface area contributed by atoms with E-state index in [9.17, 15) is 20.3 Å². The Kier molecular flexibility index (Phi) is 4.73. The second-order valence-electron chi connectivity index (χ2n) is 5.67. The van der Waals surface area contributed by atoms with E-state index in [1.54, 1.807) is 24.3 Å². The molecule has 2 unspecified atom stereocenters. The Hall–Kier alpha value is -3.19. The molecule has 0 heterocycles. The van der Waals surface area contributed by atoms with E-state index in [-0.39, 0.29) is 16.3 Å². The fourth-order valence-corrected chi connectivity index (χ4v) is 3.02. The smallest absolute Gasteiger partial charge is 0.297 e. The highest BCUT2D eigenvalue weighted by Gasteiger charge is 2.53. The molecule has 1 aliphatic rings. The molecule has 0 radical (unpaired) electrons. The number of nitro groups is 1. The van der Waals surface area contributed by atoms with Gasteiger partial charge >= 0.3 is 0 Å². The van der Waals surface area contributed by atoms with Crippen LogP contribution in [0.1, 0.15) is 5.56 Å². The van der Waals surface area contributed by atoms with Gasteiger partial charge in [0.2, 0.25) is 0 Å². The van der Waals surface area contributed by atoms with Crippen molar-refractivity contribution in [1.29, 1.82) is 0 Å². The van der Waals surface area contributed by atoms with Gasteiger partial charge in [0.05, 0.1) is 11.3 Å². The molecule has 2 atom stereocenters. The Morgan fingerprint density at radius 3 is 2.54 bits per heavy atom. The summed E-state index contributed by atoms with van der Waals surface area (Å²) in [6, 6.07) is 11.3. The predicted octanol–water partition coefficient (Wildman–Crippen LogP) is 4.41. The van der Waals surface area contributed by atoms with E-state index in [2.05, 4.69) is 10.2 Å². The van der Waals surface area contributed by atoms with Gasteiger partial charge in [0.25, 0.3) is 5.54 Å². The largest absolute Gasteiger partial charge is 0.508 e. The van der Waals surface area contributed by atoms with E-state index >= 15 is 0 Å². The summed E-state index contributed by atoms with van der Waals surface area (Å²) in [7, 11) is 0. The van der Waals surface area contributed by atoms with Gasteiger partial charge in [0.1, 0.15) is 11.5 Å². The van der Waals surface area contributed by atoms with Crippen molar-refractivity contribution in [1.82, 2.24) is 0 Å². The maximum absolute atomic E-state index is 12.1. The first-order chi connectivity index (χ1) is 12.4. The van der Waals surface area contributed by atoms with Crippen LogP contribution in [0.15, 0.2) is 82.0 Å². The van der Waals surface area contributed by atoms with Gasteiger partial charge in [-0.15, -0.1) is 0 Å². The molecule has 1 aliphatic carbocycles. The molecule has 0 aliphatic heterocycles. The minimum absolute atomic E-state index is 0.0418. The first kappa shape index (κ1) is 17.6. The number of azo groups is 1. The van der Waals surface area contributed by atoms with Crippen molar-refractivity contribution in [3.05, 3.63) is 87.5 Å². The third-order valence-corrected chi connectivity index (χ3v) is 4.25. The quantitative estimate of drug-likeness (QED) is 0.471. The van der Waals surface area contributed by atoms with Gasteiger partial charge < -0.3 is 10.2 Å². The lowest BCUT2D eigenvalue weighted by Gasteiger charge is -2.29. The molecule has 0 spiro atoms. The van der Waals surface area contributed by atoms with Crippen molar-refractivity contribution in [3.8, 4) is 11.5 Å². The number of allylic oxidation sites excluding steroid dienone is 2. The molecule has 0 amide bonds. The molecule has 26 heavy (non-hydrogen) atoms. The number of aromatic hydroxyl groups is 2. The van der Waals surface area contributed by atoms with Crippen LogP contribution in [-0.4, -0.2) is 21.2 Å². The van der Waals surface area contributed by atoms with Crippen molar-refractivity contribution < 1.29 is 15.1 Å². The summed E-state index contributed by atoms with van der Waals surface area (Å²) in [5.74, 6) is -0.647. The normalized spacial score (nSPS) is 22.3. The molecule has 2 aromatic carbocycles. The zero-order valence-electron chi connectivity index (χ0n) is 13.4. The number of nitrogens with zero attached hydrogens (tertiary/aromatic N) is 3. The zero-order valence-corrected chi connectivity index (χ0v) is 14.1. The van der Waals surface area contributed by atoms with Gasteiger partial charge in [-0.05, 0) is 36.4 Å². The lowest BCUT2D eigenvalue weighted by Crippen LogP contribution is -2.44. The molecule has 132 valence electrons. The highest BCUT2D eigenvalue weighted by molar-refractivity contribution is 6.31. The number of phenols is 2. The van der Waals surface area contributed by atoms with Crippen molar-refractivity contribution in [2.75, 3.05) is 0 Å². The minimum atomic E-state index is -1.96. The molecule has 0 aromatic heterocycles. The van der Waals surface area contributed by atoms with Crippen LogP contribution in [0.25, 0.3) is 0 Å². The fourth-order valence-electron chi connectivity index (χ4n) is 2.78. The van der Waals surface area contributed by atoms with Gasteiger partial charge in [-0.1, -0.05) is 29.8 Å². The van der Waals surface area contributed by atoms with Gasteiger partial charge in [0, 0.05) is 22.1 Å². The Bertz CT molecular complexity index is 927. The average molecular weight is 372 g/mol. The van der Waals surface area contributed by atoms with E-state index in [0.29, 0.717) is 5.69 Å². The van der Waals surface area contributed by atoms with Gasteiger partial charge in [-0.2, -0.15) is 10.2 Å². The van der Waals surface area contributed by atoms with Crippen LogP contribution in [0.4, 0.5) is 5.69 Å². The van der Waals surface area contributed by atoms with Gasteiger partial charge in [0.15, 0.2) is 6.04 Å². The Morgan fingerprint density at radius 2 is 1.88 bits per heavy atom. The van der Waals surface area contributed by atoms with Crippen LogP contribution in [0.3, 0.4) is 0 Å². The number of benzene rings is 2. The zero-order chi connectivity index (χ0) is 18.7. The molecular formula is C18H14ClN3O4. The lowest BCUT2D eigenvalue weighted by atomic mass is 9.80. The Morgan fingerprint density at radius 1 is 1.15 bits per heavy atom. The number of rotatable bonds is 4. The average Bonchev–Trinajstić information content (AvgIpc) is 2.61. The Balaban J connectivity index is 2.14. The summed E-state index contributed by atoms with van der Waals surface area (Å²) in [4.78, 5) is 11.5. The molecule has 2 N–H and O–H groups in total. The number of hydrogen-bond acceptors (Lipinski definition) is 6. The van der Waals surface area contributed by atoms with Crippen LogP contribution < -0.4 is 0 Å². The first-order valence-corrected chi connectivity index (χ1v) is 8.00. The van der Waals surface area contributed by atoms with Gasteiger partial charge in [-0.25, -0.2) is 0 Å². The third kappa shape index (κ3) is 3.16. The predicted molar refractivity (Wildman–Crippen MR) is 96.3 cm³/mol. The minimum Gasteiger partial charge on any atom is -0.508 e. The first-order valence-electron chi connectivity index (χ1n) is 7.63. The Labute approximate surface area is 153 Å². The van der Waals surface area contributed by atoms with E-state index in [4.69, 9.17) is 11.6 Å². The summed E-state index contributed by atoms with van der Waals surface area (Å²) < 4.78 is 0. The monoisotopic (exact) mass is 371 g/mol. The molecule has 2 aromatic rings. The van der Waals surface area contributed by atoms with Gasteiger partial charge in [-0.3, -0.25) is 10.1 Å². The third-order valence-electron chi connectivity index (χ3n) is 4.02. The molecule has 7 nitrogen and oxygen atoms in total. The summed E-state index contributed by atoms with van der Waals surface area (Å²) in [6.45, 7) is 0. The number of hydrogen-bond donors (Lipinski definition) is 2. The molecule has 0 saturated heterocycles. The molecule has 0 fully saturated rings. The van der Waals surface area contributed by atoms with E-state index in [0.717, 1.165) is 6.07 Å². The molecular weight excluding hydrogens is 358 g/mol. The summed E-state index contributed by atoms with van der Waals surface area (Å²) in [5, 5.41) is 40.1. The van der Waals surface area contributed by atoms with Crippen molar-refractivity contribution in [3.63, 3.8) is 0 Å². The maximum Gasteiger partial charge on any atom is 0.297 e. The van der Waals surface area contributed by atoms with Crippen molar-refractivity contribution in [2.45, 2.75) is 11.6 Å².